The summed E-state index contributed by atoms with van der Waals surface area (Å²) in [4.78, 5) is 41.7. The molecule has 2 unspecified atom stereocenters. The molecule has 1 amide bonds. The molecule has 5 rings (SSSR count). The monoisotopic (exact) mass is 604 g/mol. The average Bonchev–Trinajstić information content (AvgIpc) is 3.05. The van der Waals surface area contributed by atoms with Crippen molar-refractivity contribution < 1.29 is 37.1 Å². The van der Waals surface area contributed by atoms with Crippen molar-refractivity contribution in [2.45, 2.75) is 37.6 Å². The van der Waals surface area contributed by atoms with Gasteiger partial charge in [0, 0.05) is 30.0 Å². The largest absolute Gasteiger partial charge is 0.493 e. The van der Waals surface area contributed by atoms with Crippen LogP contribution in [0.5, 0.6) is 0 Å². The third-order valence-corrected chi connectivity index (χ3v) is 7.58. The summed E-state index contributed by atoms with van der Waals surface area (Å²) in [5.74, 6) is -3.91. The van der Waals surface area contributed by atoms with Crippen molar-refractivity contribution in [1.82, 2.24) is 10.4 Å². The highest BCUT2D eigenvalue weighted by Crippen LogP contribution is 2.29. The van der Waals surface area contributed by atoms with Gasteiger partial charge in [0.2, 0.25) is 0 Å². The molecular formula is C34H31F3N2O5. The highest BCUT2D eigenvalue weighted by atomic mass is 19.4. The van der Waals surface area contributed by atoms with Crippen LogP contribution in [0.1, 0.15) is 50.6 Å². The summed E-state index contributed by atoms with van der Waals surface area (Å²) in [6.45, 7) is 1.29. The Labute approximate surface area is 252 Å². The van der Waals surface area contributed by atoms with Gasteiger partial charge in [-0.05, 0) is 53.1 Å². The van der Waals surface area contributed by atoms with E-state index in [1.54, 1.807) is 42.5 Å². The molecule has 0 bridgehead atoms. The lowest BCUT2D eigenvalue weighted by atomic mass is 9.87. The number of piperidine rings is 1. The van der Waals surface area contributed by atoms with Gasteiger partial charge in [0.1, 0.15) is 0 Å². The number of alkyl halides is 3. The van der Waals surface area contributed by atoms with Crippen LogP contribution in [-0.2, 0) is 21.0 Å². The summed E-state index contributed by atoms with van der Waals surface area (Å²) in [5, 5.41) is 5.94. The molecule has 1 aliphatic rings. The fourth-order valence-corrected chi connectivity index (χ4v) is 5.25. The molecule has 228 valence electrons. The normalized spacial score (nSPS) is 16.8. The van der Waals surface area contributed by atoms with E-state index in [0.717, 1.165) is 34.9 Å². The first-order chi connectivity index (χ1) is 21.2. The summed E-state index contributed by atoms with van der Waals surface area (Å²) >= 11 is 0. The van der Waals surface area contributed by atoms with Crippen LogP contribution < -0.4 is 5.32 Å². The van der Waals surface area contributed by atoms with Crippen molar-refractivity contribution in [2.24, 2.45) is 0 Å². The van der Waals surface area contributed by atoms with Gasteiger partial charge in [-0.2, -0.15) is 18.2 Å². The fourth-order valence-electron chi connectivity index (χ4n) is 5.25. The van der Waals surface area contributed by atoms with Gasteiger partial charge >= 0.3 is 12.1 Å². The van der Waals surface area contributed by atoms with Crippen molar-refractivity contribution in [3.63, 3.8) is 0 Å². The molecule has 0 saturated carbocycles. The third kappa shape index (κ3) is 7.69. The Balaban J connectivity index is 1.27. The van der Waals surface area contributed by atoms with E-state index in [0.29, 0.717) is 23.8 Å². The number of fused-ring (bicyclic) bond motifs is 1. The quantitative estimate of drug-likeness (QED) is 0.180. The SMILES string of the molecule is O=C(CCN(OC(=O)C(F)(F)F)C(=O)c1ccc(C2CCNCC2OCc2ccc3ccccc3c2)cc1)c1ccccc1. The molecule has 1 N–H and O–H groups in total. The molecule has 0 radical (unpaired) electrons. The Morgan fingerprint density at radius 1 is 0.841 bits per heavy atom. The maximum atomic E-state index is 13.2. The Kier molecular flexibility index (Phi) is 9.72. The van der Waals surface area contributed by atoms with Crippen LogP contribution in [0.25, 0.3) is 10.8 Å². The minimum atomic E-state index is -5.32. The van der Waals surface area contributed by atoms with E-state index in [9.17, 15) is 27.6 Å². The number of rotatable bonds is 9. The second kappa shape index (κ2) is 13.8. The molecule has 44 heavy (non-hydrogen) atoms. The Morgan fingerprint density at radius 2 is 1.55 bits per heavy atom. The van der Waals surface area contributed by atoms with Crippen LogP contribution in [0.2, 0.25) is 0 Å². The fraction of sp³-hybridized carbons (Fsp3) is 0.265. The second-order valence-electron chi connectivity index (χ2n) is 10.6. The van der Waals surface area contributed by atoms with Gasteiger partial charge in [-0.25, -0.2) is 4.79 Å². The topological polar surface area (TPSA) is 84.9 Å². The molecular weight excluding hydrogens is 573 g/mol. The molecule has 2 atom stereocenters. The average molecular weight is 605 g/mol. The van der Waals surface area contributed by atoms with Gasteiger partial charge in [0.25, 0.3) is 5.91 Å². The number of amides is 1. The Bertz CT molecular complexity index is 1610. The standard InChI is InChI=1S/C34H31F3N2O5/c35-34(36,37)33(42)44-39(19-17-30(40)26-7-2-1-3-8-26)32(41)27-14-12-25(13-15-27)29-16-18-38-21-31(29)43-22-23-10-11-24-6-4-5-9-28(24)20-23/h1-15,20,29,31,38H,16-19,21-22H2. The highest BCUT2D eigenvalue weighted by Gasteiger charge is 2.43. The number of benzene rings is 4. The van der Waals surface area contributed by atoms with Crippen LogP contribution in [0, 0.1) is 0 Å². The summed E-state index contributed by atoms with van der Waals surface area (Å²) in [6.07, 6.45) is -5.02. The van der Waals surface area contributed by atoms with Crippen LogP contribution in [0.15, 0.2) is 97.1 Å². The van der Waals surface area contributed by atoms with Gasteiger partial charge in [-0.15, -0.1) is 0 Å². The number of hydroxylamine groups is 2. The van der Waals surface area contributed by atoms with Crippen LogP contribution in [-0.4, -0.2) is 54.6 Å². The lowest BCUT2D eigenvalue weighted by molar-refractivity contribution is -0.228. The van der Waals surface area contributed by atoms with Crippen molar-refractivity contribution in [3.8, 4) is 0 Å². The van der Waals surface area contributed by atoms with Crippen molar-refractivity contribution in [1.29, 1.82) is 0 Å². The van der Waals surface area contributed by atoms with E-state index in [1.807, 2.05) is 18.2 Å². The zero-order valence-electron chi connectivity index (χ0n) is 23.8. The van der Waals surface area contributed by atoms with E-state index in [-0.39, 0.29) is 24.0 Å². The molecule has 4 aromatic rings. The zero-order chi connectivity index (χ0) is 31.1. The smallest absolute Gasteiger partial charge is 0.372 e. The lowest BCUT2D eigenvalue weighted by Gasteiger charge is -2.32. The van der Waals surface area contributed by atoms with E-state index < -0.39 is 30.4 Å². The molecule has 0 spiro atoms. The summed E-state index contributed by atoms with van der Waals surface area (Å²) in [7, 11) is 0. The van der Waals surface area contributed by atoms with E-state index in [2.05, 4.69) is 34.4 Å². The van der Waals surface area contributed by atoms with E-state index in [4.69, 9.17) is 4.74 Å². The molecule has 1 aliphatic heterocycles. The summed E-state index contributed by atoms with van der Waals surface area (Å²) in [5.41, 5.74) is 2.29. The second-order valence-corrected chi connectivity index (χ2v) is 10.6. The van der Waals surface area contributed by atoms with Crippen LogP contribution in [0.4, 0.5) is 13.2 Å². The number of nitrogens with zero attached hydrogens (tertiary/aromatic N) is 1. The number of hydrogen-bond donors (Lipinski definition) is 1. The number of ketones is 1. The third-order valence-electron chi connectivity index (χ3n) is 7.58. The molecule has 1 heterocycles. The number of nitrogens with one attached hydrogen (secondary N) is 1. The Morgan fingerprint density at radius 3 is 2.27 bits per heavy atom. The molecule has 7 nitrogen and oxygen atoms in total. The van der Waals surface area contributed by atoms with Gasteiger partial charge in [0.05, 0.1) is 19.3 Å². The molecule has 10 heteroatoms. The van der Waals surface area contributed by atoms with Gasteiger partial charge < -0.3 is 14.9 Å². The van der Waals surface area contributed by atoms with E-state index in [1.165, 1.54) is 12.1 Å². The van der Waals surface area contributed by atoms with E-state index >= 15 is 0 Å². The molecule has 0 aliphatic carbocycles. The number of carbonyl (C=O) groups excluding carboxylic acids is 3. The highest BCUT2D eigenvalue weighted by molar-refractivity contribution is 5.97. The molecule has 1 fully saturated rings. The zero-order valence-corrected chi connectivity index (χ0v) is 23.8. The number of ether oxygens (including phenoxy) is 1. The van der Waals surface area contributed by atoms with Crippen LogP contribution in [0.3, 0.4) is 0 Å². The Hall–Kier alpha value is -4.54. The minimum absolute atomic E-state index is 0.0125. The minimum Gasteiger partial charge on any atom is -0.372 e. The molecule has 1 saturated heterocycles. The maximum Gasteiger partial charge on any atom is 0.493 e. The first-order valence-corrected chi connectivity index (χ1v) is 14.3. The van der Waals surface area contributed by atoms with Gasteiger partial charge in [-0.1, -0.05) is 78.9 Å². The number of hydrogen-bond acceptors (Lipinski definition) is 6. The predicted octanol–water partition coefficient (Wildman–Crippen LogP) is 6.24. The molecule has 0 aromatic heterocycles. The first-order valence-electron chi connectivity index (χ1n) is 14.3. The van der Waals surface area contributed by atoms with Gasteiger partial charge in [-0.3, -0.25) is 9.59 Å². The lowest BCUT2D eigenvalue weighted by Crippen LogP contribution is -2.41. The number of Topliss-reactive ketones (excluding diaryl/α,β-unsaturated/α-hetero) is 1. The number of halogens is 3. The maximum absolute atomic E-state index is 13.2. The summed E-state index contributed by atoms with van der Waals surface area (Å²) < 4.78 is 45.3. The molecule has 4 aromatic carbocycles. The first kappa shape index (κ1) is 30.9. The van der Waals surface area contributed by atoms with Crippen molar-refractivity contribution >= 4 is 28.4 Å². The predicted molar refractivity (Wildman–Crippen MR) is 158 cm³/mol. The van der Waals surface area contributed by atoms with Crippen molar-refractivity contribution in [2.75, 3.05) is 19.6 Å². The number of carbonyl (C=O) groups is 3. The van der Waals surface area contributed by atoms with Crippen molar-refractivity contribution in [3.05, 3.63) is 119 Å². The van der Waals surface area contributed by atoms with Crippen LogP contribution >= 0.6 is 0 Å². The summed E-state index contributed by atoms with van der Waals surface area (Å²) in [6, 6.07) is 28.8. The van der Waals surface area contributed by atoms with Gasteiger partial charge in [0.15, 0.2) is 5.78 Å².